The molecule has 0 heterocycles. The van der Waals surface area contributed by atoms with Crippen LogP contribution in [0.3, 0.4) is 0 Å². The Balaban J connectivity index is 3.23. The van der Waals surface area contributed by atoms with Crippen LogP contribution in [0.2, 0.25) is 0 Å². The zero-order valence-corrected chi connectivity index (χ0v) is 5.25. The average Bonchev–Trinajstić information content (AvgIpc) is 1.94. The molecule has 0 radical (unpaired) electrons. The maximum absolute atomic E-state index is 12.4. The Morgan fingerprint density at radius 2 is 2.00 bits per heavy atom. The van der Waals surface area contributed by atoms with E-state index < -0.39 is 22.2 Å². The van der Waals surface area contributed by atoms with Crippen molar-refractivity contribution in [1.29, 1.82) is 0 Å². The van der Waals surface area contributed by atoms with Gasteiger partial charge in [-0.15, -0.1) is 0 Å². The van der Waals surface area contributed by atoms with Crippen LogP contribution in [0.5, 0.6) is 0 Å². The molecule has 0 aliphatic rings. The molecule has 0 atom stereocenters. The highest BCUT2D eigenvalue weighted by Crippen LogP contribution is 2.16. The lowest BCUT2D eigenvalue weighted by Crippen LogP contribution is -1.92. The zero-order chi connectivity index (χ0) is 8.43. The molecule has 11 heavy (non-hydrogen) atoms. The lowest BCUT2D eigenvalue weighted by molar-refractivity contribution is -0.387. The first-order valence-corrected chi connectivity index (χ1v) is 2.70. The molecule has 0 aliphatic carbocycles. The number of hydrogen-bond acceptors (Lipinski definition) is 2. The summed E-state index contributed by atoms with van der Waals surface area (Å²) in [6.45, 7) is 0. The van der Waals surface area contributed by atoms with Crippen LogP contribution >= 0.6 is 0 Å². The van der Waals surface area contributed by atoms with Crippen molar-refractivity contribution in [2.45, 2.75) is 0 Å². The van der Waals surface area contributed by atoms with Crippen LogP contribution in [-0.2, 0) is 0 Å². The van der Waals surface area contributed by atoms with E-state index >= 15 is 0 Å². The first-order chi connectivity index (χ1) is 5.11. The van der Waals surface area contributed by atoms with E-state index in [0.29, 0.717) is 12.1 Å². The van der Waals surface area contributed by atoms with Crippen LogP contribution < -0.4 is 0 Å². The first-order valence-electron chi connectivity index (χ1n) is 2.70. The molecule has 0 spiro atoms. The first kappa shape index (κ1) is 7.59. The topological polar surface area (TPSA) is 43.1 Å². The van der Waals surface area contributed by atoms with E-state index in [1.54, 1.807) is 0 Å². The van der Waals surface area contributed by atoms with Gasteiger partial charge in [0.25, 0.3) is 0 Å². The third-order valence-electron chi connectivity index (χ3n) is 1.10. The summed E-state index contributed by atoms with van der Waals surface area (Å²) < 4.78 is 24.6. The van der Waals surface area contributed by atoms with Gasteiger partial charge in [0.2, 0.25) is 5.82 Å². The van der Waals surface area contributed by atoms with Gasteiger partial charge in [-0.2, -0.15) is 4.39 Å². The fourth-order valence-electron chi connectivity index (χ4n) is 0.626. The number of halogens is 2. The lowest BCUT2D eigenvalue weighted by atomic mass is 11.2. The normalized spacial score (nSPS) is 9.64. The number of nitro groups is 1. The Labute approximate surface area is 60.4 Å². The largest absolute Gasteiger partial charge is 0.307 e. The SMILES string of the molecule is O=[N+]([O-])[13c]1[13cH][13c](F)[13cH][13cH][13c]1F. The third-order valence-corrected chi connectivity index (χ3v) is 1.10. The molecule has 3 nitrogen and oxygen atoms in total. The standard InChI is InChI=1S/C6H3F2NO2/c7-4-1-2-5(8)6(3-4)9(10)11/h1-3H/i1+1,2+1,3+1,4+1,5+1,6+1. The van der Waals surface area contributed by atoms with Gasteiger partial charge in [0.15, 0.2) is 0 Å². The molecule has 0 amide bonds. The van der Waals surface area contributed by atoms with Crippen LogP contribution in [0.25, 0.3) is 0 Å². The molecular formula is C6H3F2NO2. The number of nitrogens with zero attached hydrogens (tertiary/aromatic N) is 1. The highest BCUT2D eigenvalue weighted by atomic mass is 19.2. The maximum Gasteiger partial charge on any atom is 0.307 e. The molecule has 0 aliphatic heterocycles. The summed E-state index contributed by atoms with van der Waals surface area (Å²) in [4.78, 5) is 9.00. The number of hydrogen-bond donors (Lipinski definition) is 0. The molecular weight excluding hydrogens is 162 g/mol. The molecule has 0 fully saturated rings. The Bertz CT molecular complexity index is 301. The Morgan fingerprint density at radius 1 is 1.36 bits per heavy atom. The lowest BCUT2D eigenvalue weighted by Gasteiger charge is -1.91. The van der Waals surface area contributed by atoms with Crippen molar-refractivity contribution in [3.05, 3.63) is 39.9 Å². The van der Waals surface area contributed by atoms with Gasteiger partial charge in [-0.1, -0.05) is 0 Å². The monoisotopic (exact) mass is 165 g/mol. The summed E-state index contributed by atoms with van der Waals surface area (Å²) in [5.74, 6) is -1.85. The van der Waals surface area contributed by atoms with Crippen molar-refractivity contribution in [3.63, 3.8) is 0 Å². The molecule has 0 saturated heterocycles. The highest BCUT2D eigenvalue weighted by Gasteiger charge is 2.13. The molecule has 1 aromatic rings. The Morgan fingerprint density at radius 3 is 2.45 bits per heavy atom. The second kappa shape index (κ2) is 2.61. The minimum Gasteiger partial charge on any atom is -0.258 e. The summed E-state index contributed by atoms with van der Waals surface area (Å²) >= 11 is 0. The van der Waals surface area contributed by atoms with Crippen LogP contribution in [0.1, 0.15) is 0 Å². The number of nitro benzene ring substituents is 1. The smallest absolute Gasteiger partial charge is 0.258 e. The summed E-state index contributed by atoms with van der Waals surface area (Å²) in [6.07, 6.45) is 0. The summed E-state index contributed by atoms with van der Waals surface area (Å²) in [5.41, 5.74) is -0.843. The minimum atomic E-state index is -1.03. The van der Waals surface area contributed by atoms with E-state index in [2.05, 4.69) is 0 Å². The molecule has 0 saturated carbocycles. The summed E-state index contributed by atoms with van der Waals surface area (Å²) in [6, 6.07) is 2.07. The van der Waals surface area contributed by atoms with Crippen molar-refractivity contribution >= 4 is 5.69 Å². The maximum atomic E-state index is 12.4. The van der Waals surface area contributed by atoms with Gasteiger partial charge in [0.1, 0.15) is 5.82 Å². The van der Waals surface area contributed by atoms with Crippen molar-refractivity contribution in [2.24, 2.45) is 0 Å². The van der Waals surface area contributed by atoms with E-state index in [-0.39, 0.29) is 0 Å². The molecule has 5 heteroatoms. The fraction of sp³-hybridized carbons (Fsp3) is 0. The minimum absolute atomic E-state index is 0.537. The van der Waals surface area contributed by atoms with Crippen molar-refractivity contribution in [3.8, 4) is 0 Å². The fourth-order valence-corrected chi connectivity index (χ4v) is 0.626. The predicted octanol–water partition coefficient (Wildman–Crippen LogP) is 1.87. The molecule has 0 bridgehead atoms. The van der Waals surface area contributed by atoms with E-state index in [4.69, 9.17) is 0 Å². The Hall–Kier alpha value is -1.52. The van der Waals surface area contributed by atoms with Crippen molar-refractivity contribution in [1.82, 2.24) is 0 Å². The highest BCUT2D eigenvalue weighted by molar-refractivity contribution is 5.31. The Kier molecular flexibility index (Phi) is 1.80. The predicted molar refractivity (Wildman–Crippen MR) is 33.0 cm³/mol. The number of benzene rings is 1. The van der Waals surface area contributed by atoms with E-state index in [1.807, 2.05) is 0 Å². The van der Waals surface area contributed by atoms with Crippen molar-refractivity contribution < 1.29 is 13.7 Å². The van der Waals surface area contributed by atoms with Gasteiger partial charge in [-0.25, -0.2) is 4.39 Å². The van der Waals surface area contributed by atoms with Gasteiger partial charge in [-0.05, 0) is 12.1 Å². The van der Waals surface area contributed by atoms with Crippen LogP contribution in [0.15, 0.2) is 18.2 Å². The molecule has 1 rings (SSSR count). The molecule has 58 valence electrons. The van der Waals surface area contributed by atoms with Crippen LogP contribution in [0, 0.1) is 21.7 Å². The van der Waals surface area contributed by atoms with E-state index in [1.165, 1.54) is 0 Å². The molecule has 0 aromatic heterocycles. The molecule has 0 N–H and O–H groups in total. The summed E-state index contributed by atoms with van der Waals surface area (Å²) in [5, 5.41) is 9.97. The van der Waals surface area contributed by atoms with Crippen molar-refractivity contribution in [2.75, 3.05) is 0 Å². The van der Waals surface area contributed by atoms with Gasteiger partial charge in [0.05, 0.1) is 11.0 Å². The number of rotatable bonds is 1. The molecule has 0 unspecified atom stereocenters. The van der Waals surface area contributed by atoms with E-state index in [0.717, 1.165) is 6.07 Å². The quantitative estimate of drug-likeness (QED) is 0.470. The van der Waals surface area contributed by atoms with Gasteiger partial charge in [0, 0.05) is 0 Å². The van der Waals surface area contributed by atoms with Gasteiger partial charge >= 0.3 is 5.69 Å². The zero-order valence-electron chi connectivity index (χ0n) is 5.25. The third kappa shape index (κ3) is 1.49. The van der Waals surface area contributed by atoms with Crippen LogP contribution in [0.4, 0.5) is 14.5 Å². The van der Waals surface area contributed by atoms with Gasteiger partial charge < -0.3 is 0 Å². The van der Waals surface area contributed by atoms with Crippen LogP contribution in [-0.4, -0.2) is 4.92 Å². The summed E-state index contributed by atoms with van der Waals surface area (Å²) in [7, 11) is 0. The molecule has 1 aromatic carbocycles. The van der Waals surface area contributed by atoms with Gasteiger partial charge in [-0.3, -0.25) is 10.1 Å². The van der Waals surface area contributed by atoms with E-state index in [9.17, 15) is 18.9 Å². The average molecular weight is 165 g/mol. The second-order valence-electron chi connectivity index (χ2n) is 1.85. The second-order valence-corrected chi connectivity index (χ2v) is 1.85.